The molecular formula is C14H21N3O2. The first-order valence-corrected chi connectivity index (χ1v) is 6.46. The molecule has 0 unspecified atom stereocenters. The molecule has 1 aromatic carbocycles. The fraction of sp³-hybridized carbons (Fsp3) is 0.500. The van der Waals surface area contributed by atoms with E-state index in [1.807, 2.05) is 32.0 Å². The van der Waals surface area contributed by atoms with Crippen LogP contribution in [0.4, 0.5) is 11.4 Å². The molecule has 0 radical (unpaired) electrons. The molecule has 1 aliphatic rings. The van der Waals surface area contributed by atoms with E-state index in [2.05, 4.69) is 10.6 Å². The van der Waals surface area contributed by atoms with Crippen molar-refractivity contribution >= 4 is 17.3 Å². The minimum Gasteiger partial charge on any atom is -0.394 e. The number of anilines is 2. The highest BCUT2D eigenvalue weighted by atomic mass is 16.3. The van der Waals surface area contributed by atoms with Crippen molar-refractivity contribution in [2.24, 2.45) is 0 Å². The van der Waals surface area contributed by atoms with E-state index in [0.717, 1.165) is 24.5 Å². The van der Waals surface area contributed by atoms with E-state index in [9.17, 15) is 9.90 Å². The molecule has 0 aliphatic carbocycles. The largest absolute Gasteiger partial charge is 0.394 e. The zero-order chi connectivity index (χ0) is 14.0. The molecule has 19 heavy (non-hydrogen) atoms. The lowest BCUT2D eigenvalue weighted by Crippen LogP contribution is -2.47. The van der Waals surface area contributed by atoms with Crippen LogP contribution in [-0.4, -0.2) is 48.2 Å². The van der Waals surface area contributed by atoms with E-state index in [1.54, 1.807) is 11.9 Å². The summed E-state index contributed by atoms with van der Waals surface area (Å²) >= 11 is 0. The first kappa shape index (κ1) is 13.7. The van der Waals surface area contributed by atoms with Gasteiger partial charge in [0.1, 0.15) is 0 Å². The van der Waals surface area contributed by atoms with Crippen LogP contribution < -0.4 is 10.6 Å². The molecule has 1 aliphatic heterocycles. The van der Waals surface area contributed by atoms with Crippen molar-refractivity contribution in [3.63, 3.8) is 0 Å². The van der Waals surface area contributed by atoms with Gasteiger partial charge in [0.2, 0.25) is 0 Å². The van der Waals surface area contributed by atoms with Crippen molar-refractivity contribution in [2.45, 2.75) is 19.4 Å². The fourth-order valence-corrected chi connectivity index (χ4v) is 1.95. The van der Waals surface area contributed by atoms with Crippen LogP contribution in [0.15, 0.2) is 18.2 Å². The maximum Gasteiger partial charge on any atom is 0.254 e. The van der Waals surface area contributed by atoms with Crippen LogP contribution >= 0.6 is 0 Å². The number of carbonyl (C=O) groups is 1. The molecule has 0 bridgehead atoms. The van der Waals surface area contributed by atoms with E-state index < -0.39 is 5.54 Å². The number of likely N-dealkylation sites (N-methyl/N-ethyl adjacent to an activating group) is 1. The molecule has 1 heterocycles. The molecule has 0 saturated heterocycles. The predicted molar refractivity (Wildman–Crippen MR) is 76.7 cm³/mol. The lowest BCUT2D eigenvalue weighted by molar-refractivity contribution is 0.0473. The number of hydrogen-bond donors (Lipinski definition) is 3. The Kier molecular flexibility index (Phi) is 3.66. The Morgan fingerprint density at radius 1 is 1.32 bits per heavy atom. The van der Waals surface area contributed by atoms with Gasteiger partial charge in [-0.05, 0) is 32.0 Å². The SMILES string of the molecule is CN(C(=O)c1ccc2c(c1)NCCN2)C(C)(C)CO. The average Bonchev–Trinajstić information content (AvgIpc) is 2.45. The minimum absolute atomic E-state index is 0.0695. The number of aliphatic hydroxyl groups excluding tert-OH is 1. The van der Waals surface area contributed by atoms with Gasteiger partial charge in [0.25, 0.3) is 5.91 Å². The van der Waals surface area contributed by atoms with Crippen LogP contribution in [0.5, 0.6) is 0 Å². The molecule has 2 rings (SSSR count). The molecule has 1 aromatic rings. The molecular weight excluding hydrogens is 242 g/mol. The fourth-order valence-electron chi connectivity index (χ4n) is 1.95. The number of nitrogens with one attached hydrogen (secondary N) is 2. The maximum atomic E-state index is 12.4. The van der Waals surface area contributed by atoms with Gasteiger partial charge in [0.05, 0.1) is 23.5 Å². The Hall–Kier alpha value is -1.75. The number of amides is 1. The summed E-state index contributed by atoms with van der Waals surface area (Å²) in [5.41, 5.74) is 2.02. The topological polar surface area (TPSA) is 64.6 Å². The maximum absolute atomic E-state index is 12.4. The molecule has 0 spiro atoms. The lowest BCUT2D eigenvalue weighted by Gasteiger charge is -2.34. The third-order valence-electron chi connectivity index (χ3n) is 3.62. The molecule has 5 nitrogen and oxygen atoms in total. The minimum atomic E-state index is -0.571. The zero-order valence-corrected chi connectivity index (χ0v) is 11.7. The van der Waals surface area contributed by atoms with E-state index in [1.165, 1.54) is 0 Å². The first-order valence-electron chi connectivity index (χ1n) is 6.46. The molecule has 0 saturated carbocycles. The number of rotatable bonds is 3. The zero-order valence-electron chi connectivity index (χ0n) is 11.7. The van der Waals surface area contributed by atoms with Crippen LogP contribution in [0, 0.1) is 0 Å². The normalized spacial score (nSPS) is 14.1. The van der Waals surface area contributed by atoms with Gasteiger partial charge in [0, 0.05) is 25.7 Å². The van der Waals surface area contributed by atoms with Crippen molar-refractivity contribution in [1.29, 1.82) is 0 Å². The summed E-state index contributed by atoms with van der Waals surface area (Å²) < 4.78 is 0. The quantitative estimate of drug-likeness (QED) is 0.770. The van der Waals surface area contributed by atoms with Crippen LogP contribution in [0.3, 0.4) is 0 Å². The van der Waals surface area contributed by atoms with Gasteiger partial charge in [-0.3, -0.25) is 4.79 Å². The van der Waals surface area contributed by atoms with E-state index >= 15 is 0 Å². The van der Waals surface area contributed by atoms with Crippen LogP contribution in [0.25, 0.3) is 0 Å². The smallest absolute Gasteiger partial charge is 0.254 e. The molecule has 0 fully saturated rings. The Balaban J connectivity index is 2.24. The number of carbonyl (C=O) groups excluding carboxylic acids is 1. The van der Waals surface area contributed by atoms with Gasteiger partial charge < -0.3 is 20.6 Å². The monoisotopic (exact) mass is 263 g/mol. The standard InChI is InChI=1S/C14H21N3O2/c1-14(2,9-18)17(3)13(19)10-4-5-11-12(8-10)16-7-6-15-11/h4-5,8,15-16,18H,6-7,9H2,1-3H3. The first-order chi connectivity index (χ1) is 8.95. The Morgan fingerprint density at radius 3 is 2.58 bits per heavy atom. The molecule has 3 N–H and O–H groups in total. The highest BCUT2D eigenvalue weighted by molar-refractivity contribution is 5.96. The van der Waals surface area contributed by atoms with Crippen LogP contribution in [0.1, 0.15) is 24.2 Å². The van der Waals surface area contributed by atoms with Crippen molar-refractivity contribution < 1.29 is 9.90 Å². The van der Waals surface area contributed by atoms with E-state index in [4.69, 9.17) is 0 Å². The van der Waals surface area contributed by atoms with Gasteiger partial charge in [-0.15, -0.1) is 0 Å². The second kappa shape index (κ2) is 5.09. The molecule has 104 valence electrons. The van der Waals surface area contributed by atoms with Crippen LogP contribution in [0.2, 0.25) is 0 Å². The predicted octanol–water partition coefficient (Wildman–Crippen LogP) is 1.37. The Bertz CT molecular complexity index is 486. The Morgan fingerprint density at radius 2 is 1.95 bits per heavy atom. The van der Waals surface area contributed by atoms with Gasteiger partial charge in [0.15, 0.2) is 0 Å². The highest BCUT2D eigenvalue weighted by Gasteiger charge is 2.28. The van der Waals surface area contributed by atoms with E-state index in [0.29, 0.717) is 5.56 Å². The van der Waals surface area contributed by atoms with Gasteiger partial charge in [-0.1, -0.05) is 0 Å². The third kappa shape index (κ3) is 2.66. The molecule has 0 atom stereocenters. The van der Waals surface area contributed by atoms with Crippen molar-refractivity contribution in [1.82, 2.24) is 4.90 Å². The third-order valence-corrected chi connectivity index (χ3v) is 3.62. The number of benzene rings is 1. The van der Waals surface area contributed by atoms with Gasteiger partial charge >= 0.3 is 0 Å². The number of nitrogens with zero attached hydrogens (tertiary/aromatic N) is 1. The summed E-state index contributed by atoms with van der Waals surface area (Å²) in [5, 5.41) is 15.9. The van der Waals surface area contributed by atoms with Gasteiger partial charge in [-0.25, -0.2) is 0 Å². The summed E-state index contributed by atoms with van der Waals surface area (Å²) in [4.78, 5) is 14.0. The Labute approximate surface area is 113 Å². The number of hydrogen-bond acceptors (Lipinski definition) is 4. The van der Waals surface area contributed by atoms with Crippen molar-refractivity contribution in [2.75, 3.05) is 37.4 Å². The molecule has 5 heteroatoms. The molecule has 0 aromatic heterocycles. The molecule has 1 amide bonds. The summed E-state index contributed by atoms with van der Waals surface area (Å²) in [6, 6.07) is 5.58. The van der Waals surface area contributed by atoms with E-state index in [-0.39, 0.29) is 12.5 Å². The summed E-state index contributed by atoms with van der Waals surface area (Å²) in [7, 11) is 1.71. The lowest BCUT2D eigenvalue weighted by atomic mass is 10.0. The summed E-state index contributed by atoms with van der Waals surface area (Å²) in [6.07, 6.45) is 0. The van der Waals surface area contributed by atoms with Crippen molar-refractivity contribution in [3.8, 4) is 0 Å². The second-order valence-electron chi connectivity index (χ2n) is 5.45. The summed E-state index contributed by atoms with van der Waals surface area (Å²) in [6.45, 7) is 5.34. The number of aliphatic hydroxyl groups is 1. The average molecular weight is 263 g/mol. The second-order valence-corrected chi connectivity index (χ2v) is 5.45. The van der Waals surface area contributed by atoms with Crippen molar-refractivity contribution in [3.05, 3.63) is 23.8 Å². The van der Waals surface area contributed by atoms with Gasteiger partial charge in [-0.2, -0.15) is 0 Å². The summed E-state index contributed by atoms with van der Waals surface area (Å²) in [5.74, 6) is -0.0887. The number of fused-ring (bicyclic) bond motifs is 1. The van der Waals surface area contributed by atoms with Crippen LogP contribution in [-0.2, 0) is 0 Å². The highest BCUT2D eigenvalue weighted by Crippen LogP contribution is 2.26.